The average Bonchev–Trinajstić information content (AvgIpc) is 3.06. The zero-order valence-corrected chi connectivity index (χ0v) is 16.7. The summed E-state index contributed by atoms with van der Waals surface area (Å²) in [5, 5.41) is 9.24. The van der Waals surface area contributed by atoms with Crippen molar-refractivity contribution in [2.75, 3.05) is 18.8 Å². The van der Waals surface area contributed by atoms with Crippen LogP contribution in [0, 0.1) is 0 Å². The highest BCUT2D eigenvalue weighted by Gasteiger charge is 2.27. The van der Waals surface area contributed by atoms with Crippen molar-refractivity contribution in [1.82, 2.24) is 14.9 Å². The molecule has 0 radical (unpaired) electrons. The lowest BCUT2D eigenvalue weighted by Crippen LogP contribution is -2.49. The molecule has 8 heteroatoms. The highest BCUT2D eigenvalue weighted by molar-refractivity contribution is 7.89. The van der Waals surface area contributed by atoms with E-state index in [0.717, 1.165) is 5.56 Å². The Morgan fingerprint density at radius 3 is 2.69 bits per heavy atom. The second-order valence-electron chi connectivity index (χ2n) is 6.60. The molecule has 2 N–H and O–H groups in total. The second-order valence-corrected chi connectivity index (χ2v) is 9.77. The number of hydrogen-bond donors (Lipinski definition) is 2. The van der Waals surface area contributed by atoms with Gasteiger partial charge in [0, 0.05) is 23.8 Å². The molecular weight excluding hydrogens is 370 g/mol. The van der Waals surface area contributed by atoms with E-state index in [1.807, 2.05) is 19.1 Å². The number of thiophene rings is 1. The van der Waals surface area contributed by atoms with Crippen molar-refractivity contribution in [2.24, 2.45) is 0 Å². The number of nitrogens with one attached hydrogen (secondary N) is 2. The lowest BCUT2D eigenvalue weighted by Gasteiger charge is -2.31. The van der Waals surface area contributed by atoms with Gasteiger partial charge in [-0.25, -0.2) is 17.5 Å². The van der Waals surface area contributed by atoms with Crippen LogP contribution in [-0.2, 0) is 10.0 Å². The molecule has 1 fully saturated rings. The highest BCUT2D eigenvalue weighted by atomic mass is 32.2. The Bertz CT molecular complexity index is 871. The summed E-state index contributed by atoms with van der Waals surface area (Å²) in [6.45, 7) is 4.56. The van der Waals surface area contributed by atoms with E-state index in [1.54, 1.807) is 18.3 Å². The molecule has 1 aromatic heterocycles. The zero-order chi connectivity index (χ0) is 18.7. The monoisotopic (exact) mass is 395 g/mol. The topological polar surface area (TPSA) is 78.5 Å². The fourth-order valence-corrected chi connectivity index (χ4v) is 5.48. The number of hydrogen-bond acceptors (Lipinski definition) is 4. The van der Waals surface area contributed by atoms with Crippen molar-refractivity contribution in [2.45, 2.75) is 38.8 Å². The van der Waals surface area contributed by atoms with Crippen LogP contribution in [0.5, 0.6) is 0 Å². The molecule has 2 amide bonds. The molecule has 0 saturated carbocycles. The van der Waals surface area contributed by atoms with Gasteiger partial charge in [-0.05, 0) is 49.1 Å². The summed E-state index contributed by atoms with van der Waals surface area (Å²) in [6.07, 6.45) is 1.28. The summed E-state index contributed by atoms with van der Waals surface area (Å²) in [5.74, 6) is 0.123. The van der Waals surface area contributed by atoms with Gasteiger partial charge in [-0.1, -0.05) is 18.2 Å². The van der Waals surface area contributed by atoms with Gasteiger partial charge in [0.1, 0.15) is 0 Å². The number of carbonyl (C=O) groups is 1. The molecule has 0 aliphatic carbocycles. The molecule has 1 aliphatic heterocycles. The highest BCUT2D eigenvalue weighted by Crippen LogP contribution is 2.30. The maximum atomic E-state index is 12.3. The summed E-state index contributed by atoms with van der Waals surface area (Å²) in [5.41, 5.74) is 1.12. The number of nitrogens with zero attached hydrogens (tertiary/aromatic N) is 1. The number of rotatable bonds is 5. The summed E-state index contributed by atoms with van der Waals surface area (Å²) < 4.78 is 26.5. The summed E-state index contributed by atoms with van der Waals surface area (Å²) in [6, 6.07) is 7.87. The molecule has 142 valence electrons. The third-order valence-electron chi connectivity index (χ3n) is 4.87. The summed E-state index contributed by atoms with van der Waals surface area (Å²) >= 11 is 1.68. The van der Waals surface area contributed by atoms with Crippen LogP contribution >= 0.6 is 11.3 Å². The third kappa shape index (κ3) is 4.19. The fourth-order valence-electron chi connectivity index (χ4n) is 3.30. The third-order valence-corrected chi connectivity index (χ3v) is 7.74. The predicted octanol–water partition coefficient (Wildman–Crippen LogP) is 3.08. The van der Waals surface area contributed by atoms with Crippen LogP contribution in [-0.4, -0.2) is 43.6 Å². The van der Waals surface area contributed by atoms with E-state index in [0.29, 0.717) is 25.9 Å². The van der Waals surface area contributed by atoms with E-state index in [9.17, 15) is 13.2 Å². The number of urea groups is 1. The van der Waals surface area contributed by atoms with E-state index < -0.39 is 10.0 Å². The molecule has 1 unspecified atom stereocenters. The van der Waals surface area contributed by atoms with Crippen molar-refractivity contribution in [3.63, 3.8) is 0 Å². The average molecular weight is 396 g/mol. The molecule has 1 aliphatic rings. The summed E-state index contributed by atoms with van der Waals surface area (Å²) in [4.78, 5) is 12.3. The second kappa shape index (κ2) is 7.94. The van der Waals surface area contributed by atoms with Gasteiger partial charge in [0.05, 0.1) is 11.8 Å². The van der Waals surface area contributed by atoms with Gasteiger partial charge >= 0.3 is 6.03 Å². The van der Waals surface area contributed by atoms with Crippen molar-refractivity contribution in [1.29, 1.82) is 0 Å². The first-order valence-electron chi connectivity index (χ1n) is 8.91. The molecular formula is C18H25N3O3S2. The molecule has 0 bridgehead atoms. The molecule has 1 saturated heterocycles. The van der Waals surface area contributed by atoms with Gasteiger partial charge in [-0.2, -0.15) is 0 Å². The van der Waals surface area contributed by atoms with Crippen molar-refractivity contribution in [3.05, 3.63) is 35.2 Å². The van der Waals surface area contributed by atoms with Crippen molar-refractivity contribution >= 4 is 37.5 Å². The lowest BCUT2D eigenvalue weighted by molar-refractivity contribution is 0.225. The van der Waals surface area contributed by atoms with E-state index in [4.69, 9.17) is 0 Å². The van der Waals surface area contributed by atoms with Gasteiger partial charge < -0.3 is 10.6 Å². The largest absolute Gasteiger partial charge is 0.335 e. The number of carbonyl (C=O) groups excluding carboxylic acids is 1. The summed E-state index contributed by atoms with van der Waals surface area (Å²) in [7, 11) is -3.14. The molecule has 26 heavy (non-hydrogen) atoms. The van der Waals surface area contributed by atoms with Gasteiger partial charge in [0.15, 0.2) is 0 Å². The number of sulfonamides is 1. The van der Waals surface area contributed by atoms with E-state index in [2.05, 4.69) is 28.1 Å². The molecule has 1 atom stereocenters. The lowest BCUT2D eigenvalue weighted by atomic mass is 10.1. The van der Waals surface area contributed by atoms with Crippen LogP contribution in [0.1, 0.15) is 38.3 Å². The van der Waals surface area contributed by atoms with Crippen LogP contribution < -0.4 is 10.6 Å². The molecule has 3 rings (SSSR count). The minimum absolute atomic E-state index is 0.00438. The SMILES string of the molecule is CCS(=O)(=O)N1CCC(NC(=O)NC(C)c2csc3ccccc23)CC1. The van der Waals surface area contributed by atoms with Gasteiger partial charge in [0.25, 0.3) is 0 Å². The molecule has 6 nitrogen and oxygen atoms in total. The van der Waals surface area contributed by atoms with E-state index in [1.165, 1.54) is 14.4 Å². The minimum atomic E-state index is -3.14. The molecule has 2 heterocycles. The molecule has 0 spiro atoms. The van der Waals surface area contributed by atoms with Crippen LogP contribution in [0.4, 0.5) is 4.79 Å². The number of amides is 2. The maximum absolute atomic E-state index is 12.3. The quantitative estimate of drug-likeness (QED) is 0.817. The first-order chi connectivity index (χ1) is 12.4. The van der Waals surface area contributed by atoms with Crippen LogP contribution in [0.3, 0.4) is 0 Å². The molecule has 1 aromatic carbocycles. The first kappa shape index (κ1) is 19.1. The Hall–Kier alpha value is -1.64. The minimum Gasteiger partial charge on any atom is -0.335 e. The van der Waals surface area contributed by atoms with Crippen LogP contribution in [0.15, 0.2) is 29.6 Å². The Kier molecular flexibility index (Phi) is 5.84. The number of benzene rings is 1. The van der Waals surface area contributed by atoms with Gasteiger partial charge in [0.2, 0.25) is 10.0 Å². The Morgan fingerprint density at radius 1 is 1.31 bits per heavy atom. The maximum Gasteiger partial charge on any atom is 0.315 e. The van der Waals surface area contributed by atoms with Gasteiger partial charge in [-0.3, -0.25) is 0 Å². The Labute approximate surface area is 158 Å². The first-order valence-corrected chi connectivity index (χ1v) is 11.4. The number of fused-ring (bicyclic) bond motifs is 1. The normalized spacial score (nSPS) is 17.9. The van der Waals surface area contributed by atoms with Crippen molar-refractivity contribution in [3.8, 4) is 0 Å². The number of piperidine rings is 1. The zero-order valence-electron chi connectivity index (χ0n) is 15.1. The van der Waals surface area contributed by atoms with Crippen LogP contribution in [0.25, 0.3) is 10.1 Å². The Balaban J connectivity index is 1.53. The van der Waals surface area contributed by atoms with Crippen molar-refractivity contribution < 1.29 is 13.2 Å². The predicted molar refractivity (Wildman–Crippen MR) is 106 cm³/mol. The van der Waals surface area contributed by atoms with E-state index in [-0.39, 0.29) is 23.9 Å². The smallest absolute Gasteiger partial charge is 0.315 e. The Morgan fingerprint density at radius 2 is 2.00 bits per heavy atom. The van der Waals surface area contributed by atoms with E-state index >= 15 is 0 Å². The molecule has 2 aromatic rings. The van der Waals surface area contributed by atoms with Gasteiger partial charge in [-0.15, -0.1) is 11.3 Å². The fraction of sp³-hybridized carbons (Fsp3) is 0.500. The van der Waals surface area contributed by atoms with Crippen LogP contribution in [0.2, 0.25) is 0 Å². The standard InChI is InChI=1S/C18H25N3O3S2/c1-3-26(23,24)21-10-8-14(9-11-21)20-18(22)19-13(2)16-12-25-17-7-5-4-6-15(16)17/h4-7,12-14H,3,8-11H2,1-2H3,(H2,19,20,22).